The van der Waals surface area contributed by atoms with Crippen LogP contribution < -0.4 is 5.43 Å². The summed E-state index contributed by atoms with van der Waals surface area (Å²) in [5.41, 5.74) is 0.475. The Morgan fingerprint density at radius 2 is 2.00 bits per heavy atom. The van der Waals surface area contributed by atoms with E-state index in [0.29, 0.717) is 12.1 Å². The third kappa shape index (κ3) is 1.78. The third-order valence-electron chi connectivity index (χ3n) is 2.83. The molecule has 17 heavy (non-hydrogen) atoms. The molecule has 5 heteroatoms. The third-order valence-corrected chi connectivity index (χ3v) is 3.56. The summed E-state index contributed by atoms with van der Waals surface area (Å²) in [6.07, 6.45) is 0.607. The van der Waals surface area contributed by atoms with E-state index in [1.165, 1.54) is 6.07 Å². The van der Waals surface area contributed by atoms with Crippen LogP contribution in [-0.2, 0) is 13.5 Å². The fraction of sp³-hybridized carbons (Fsp3) is 0.250. The number of aryl methyl sites for hydroxylation is 2. The van der Waals surface area contributed by atoms with E-state index < -0.39 is 11.6 Å². The van der Waals surface area contributed by atoms with Crippen molar-refractivity contribution in [2.24, 2.45) is 7.05 Å². The Hall–Kier alpha value is -1.23. The average molecular weight is 302 g/mol. The molecular formula is C12H10BrF2NO. The average Bonchev–Trinajstić information content (AvgIpc) is 2.30. The summed E-state index contributed by atoms with van der Waals surface area (Å²) in [4.78, 5) is 11.8. The summed E-state index contributed by atoms with van der Waals surface area (Å²) in [6, 6.07) is 2.47. The molecular weight excluding hydrogens is 292 g/mol. The summed E-state index contributed by atoms with van der Waals surface area (Å²) in [5.74, 6) is -1.51. The van der Waals surface area contributed by atoms with Gasteiger partial charge < -0.3 is 4.57 Å². The number of hydrogen-bond donors (Lipinski definition) is 0. The first-order chi connectivity index (χ1) is 7.97. The van der Waals surface area contributed by atoms with Gasteiger partial charge in [0.1, 0.15) is 5.82 Å². The zero-order chi connectivity index (χ0) is 12.7. The number of nitrogens with zero attached hydrogens (tertiary/aromatic N) is 1. The highest BCUT2D eigenvalue weighted by Crippen LogP contribution is 2.26. The summed E-state index contributed by atoms with van der Waals surface area (Å²) < 4.78 is 28.7. The van der Waals surface area contributed by atoms with Gasteiger partial charge in [-0.3, -0.25) is 4.79 Å². The molecule has 90 valence electrons. The van der Waals surface area contributed by atoms with Crippen LogP contribution in [0.15, 0.2) is 21.4 Å². The molecule has 2 nitrogen and oxygen atoms in total. The zero-order valence-corrected chi connectivity index (χ0v) is 10.9. The van der Waals surface area contributed by atoms with E-state index in [-0.39, 0.29) is 20.8 Å². The first-order valence-electron chi connectivity index (χ1n) is 5.13. The van der Waals surface area contributed by atoms with Gasteiger partial charge in [-0.15, -0.1) is 0 Å². The number of aromatic nitrogens is 1. The lowest BCUT2D eigenvalue weighted by Crippen LogP contribution is -2.13. The lowest BCUT2D eigenvalue weighted by Gasteiger charge is -2.12. The Labute approximate surface area is 105 Å². The van der Waals surface area contributed by atoms with Crippen LogP contribution in [0.2, 0.25) is 0 Å². The molecule has 1 heterocycles. The normalized spacial score (nSPS) is 11.1. The maximum atomic E-state index is 14.0. The van der Waals surface area contributed by atoms with Gasteiger partial charge in [0.15, 0.2) is 11.2 Å². The number of halogens is 3. The minimum Gasteiger partial charge on any atom is -0.345 e. The molecule has 0 aliphatic rings. The molecule has 0 N–H and O–H groups in total. The highest BCUT2D eigenvalue weighted by atomic mass is 79.9. The standard InChI is InChI=1S/C12H10BrF2NO/c1-3-6-4-9(17)7-5-8(14)10(13)11(15)12(7)16(6)2/h4-5H,3H2,1-2H3. The second-order valence-corrected chi connectivity index (χ2v) is 4.59. The predicted molar refractivity (Wildman–Crippen MR) is 66.2 cm³/mol. The minimum atomic E-state index is -0.767. The number of rotatable bonds is 1. The van der Waals surface area contributed by atoms with E-state index in [1.807, 2.05) is 6.92 Å². The number of benzene rings is 1. The first kappa shape index (κ1) is 12.2. The molecule has 2 aromatic rings. The van der Waals surface area contributed by atoms with Crippen LogP contribution in [0.5, 0.6) is 0 Å². The van der Waals surface area contributed by atoms with Gasteiger partial charge in [-0.25, -0.2) is 8.78 Å². The molecule has 0 amide bonds. The quantitative estimate of drug-likeness (QED) is 0.742. The summed E-state index contributed by atoms with van der Waals surface area (Å²) in [5, 5.41) is 0.0582. The van der Waals surface area contributed by atoms with Gasteiger partial charge in [0, 0.05) is 18.8 Å². The molecule has 0 aliphatic heterocycles. The van der Waals surface area contributed by atoms with Crippen LogP contribution in [-0.4, -0.2) is 4.57 Å². The summed E-state index contributed by atoms with van der Waals surface area (Å²) in [6.45, 7) is 1.87. The number of pyridine rings is 1. The SMILES string of the molecule is CCc1cc(=O)c2cc(F)c(Br)c(F)c2n1C. The fourth-order valence-corrected chi connectivity index (χ4v) is 2.21. The van der Waals surface area contributed by atoms with Gasteiger partial charge in [0.2, 0.25) is 0 Å². The zero-order valence-electron chi connectivity index (χ0n) is 9.35. The molecule has 0 saturated heterocycles. The van der Waals surface area contributed by atoms with Crippen molar-refractivity contribution >= 4 is 26.8 Å². The van der Waals surface area contributed by atoms with Crippen molar-refractivity contribution in [1.82, 2.24) is 4.57 Å². The molecule has 0 unspecified atom stereocenters. The van der Waals surface area contributed by atoms with Crippen LogP contribution in [0.4, 0.5) is 8.78 Å². The van der Waals surface area contributed by atoms with Gasteiger partial charge in [0.05, 0.1) is 15.4 Å². The Morgan fingerprint density at radius 3 is 2.59 bits per heavy atom. The Balaban J connectivity index is 3.07. The molecule has 0 radical (unpaired) electrons. The van der Waals surface area contributed by atoms with Gasteiger partial charge in [-0.2, -0.15) is 0 Å². The van der Waals surface area contributed by atoms with Crippen LogP contribution in [0.1, 0.15) is 12.6 Å². The van der Waals surface area contributed by atoms with Crippen molar-refractivity contribution in [2.45, 2.75) is 13.3 Å². The van der Waals surface area contributed by atoms with Crippen molar-refractivity contribution in [2.75, 3.05) is 0 Å². The van der Waals surface area contributed by atoms with Crippen LogP contribution >= 0.6 is 15.9 Å². The molecule has 0 aliphatic carbocycles. The maximum absolute atomic E-state index is 14.0. The van der Waals surface area contributed by atoms with E-state index in [9.17, 15) is 13.6 Å². The van der Waals surface area contributed by atoms with E-state index in [0.717, 1.165) is 6.07 Å². The second kappa shape index (κ2) is 4.22. The largest absolute Gasteiger partial charge is 0.345 e. The van der Waals surface area contributed by atoms with Crippen molar-refractivity contribution in [3.63, 3.8) is 0 Å². The summed E-state index contributed by atoms with van der Waals surface area (Å²) in [7, 11) is 1.66. The van der Waals surface area contributed by atoms with Crippen molar-refractivity contribution in [3.8, 4) is 0 Å². The molecule has 1 aromatic heterocycles. The van der Waals surface area contributed by atoms with Gasteiger partial charge in [-0.1, -0.05) is 6.92 Å². The van der Waals surface area contributed by atoms with Crippen molar-refractivity contribution < 1.29 is 8.78 Å². The van der Waals surface area contributed by atoms with E-state index >= 15 is 0 Å². The molecule has 0 bridgehead atoms. The van der Waals surface area contributed by atoms with Crippen LogP contribution in [0, 0.1) is 11.6 Å². The molecule has 0 spiro atoms. The highest BCUT2D eigenvalue weighted by Gasteiger charge is 2.16. The smallest absolute Gasteiger partial charge is 0.189 e. The Kier molecular flexibility index (Phi) is 3.03. The monoisotopic (exact) mass is 301 g/mol. The number of fused-ring (bicyclic) bond motifs is 1. The van der Waals surface area contributed by atoms with E-state index in [4.69, 9.17) is 0 Å². The minimum absolute atomic E-state index is 0.0582. The molecule has 0 atom stereocenters. The molecule has 0 fully saturated rings. The Morgan fingerprint density at radius 1 is 1.35 bits per heavy atom. The molecule has 2 rings (SSSR count). The topological polar surface area (TPSA) is 22.0 Å². The Bertz CT molecular complexity index is 664. The van der Waals surface area contributed by atoms with Gasteiger partial charge in [-0.05, 0) is 28.4 Å². The predicted octanol–water partition coefficient (Wildman–Crippen LogP) is 3.14. The van der Waals surface area contributed by atoms with E-state index in [1.54, 1.807) is 11.6 Å². The molecule has 1 aromatic carbocycles. The molecule has 0 saturated carbocycles. The van der Waals surface area contributed by atoms with Gasteiger partial charge >= 0.3 is 0 Å². The maximum Gasteiger partial charge on any atom is 0.189 e. The number of hydrogen-bond acceptors (Lipinski definition) is 1. The summed E-state index contributed by atoms with van der Waals surface area (Å²) >= 11 is 2.84. The van der Waals surface area contributed by atoms with Crippen molar-refractivity contribution in [1.29, 1.82) is 0 Å². The lowest BCUT2D eigenvalue weighted by atomic mass is 10.1. The fourth-order valence-electron chi connectivity index (χ4n) is 1.91. The van der Waals surface area contributed by atoms with Crippen molar-refractivity contribution in [3.05, 3.63) is 44.2 Å². The van der Waals surface area contributed by atoms with Crippen LogP contribution in [0.3, 0.4) is 0 Å². The van der Waals surface area contributed by atoms with E-state index in [2.05, 4.69) is 15.9 Å². The first-order valence-corrected chi connectivity index (χ1v) is 5.92. The van der Waals surface area contributed by atoms with Gasteiger partial charge in [0.25, 0.3) is 0 Å². The highest BCUT2D eigenvalue weighted by molar-refractivity contribution is 9.10. The lowest BCUT2D eigenvalue weighted by molar-refractivity contribution is 0.575. The van der Waals surface area contributed by atoms with Crippen LogP contribution in [0.25, 0.3) is 10.9 Å². The second-order valence-electron chi connectivity index (χ2n) is 3.80.